The van der Waals surface area contributed by atoms with E-state index in [0.29, 0.717) is 23.8 Å². The van der Waals surface area contributed by atoms with Gasteiger partial charge in [0.1, 0.15) is 5.75 Å². The molecule has 0 spiro atoms. The number of amides is 1. The maximum absolute atomic E-state index is 12.2. The van der Waals surface area contributed by atoms with E-state index in [1.165, 1.54) is 12.8 Å². The fourth-order valence-corrected chi connectivity index (χ4v) is 2.85. The van der Waals surface area contributed by atoms with Gasteiger partial charge in [0.25, 0.3) is 5.91 Å². The van der Waals surface area contributed by atoms with Crippen LogP contribution in [0, 0.1) is 5.92 Å². The molecule has 0 bridgehead atoms. The lowest BCUT2D eigenvalue weighted by Crippen LogP contribution is -2.33. The molecular formula is C15H22BrClN2O2. The highest BCUT2D eigenvalue weighted by Crippen LogP contribution is 2.23. The van der Waals surface area contributed by atoms with Crippen LogP contribution in [-0.2, 0) is 0 Å². The van der Waals surface area contributed by atoms with Crippen LogP contribution in [0.4, 0.5) is 0 Å². The van der Waals surface area contributed by atoms with Crippen molar-refractivity contribution in [3.8, 4) is 5.75 Å². The van der Waals surface area contributed by atoms with Crippen molar-refractivity contribution in [2.75, 3.05) is 26.7 Å². The number of methoxy groups -OCH3 is 1. The molecule has 0 saturated carbocycles. The van der Waals surface area contributed by atoms with E-state index in [9.17, 15) is 4.79 Å². The van der Waals surface area contributed by atoms with Crippen molar-refractivity contribution in [1.29, 1.82) is 0 Å². The number of rotatable bonds is 5. The Morgan fingerprint density at radius 1 is 1.52 bits per heavy atom. The van der Waals surface area contributed by atoms with Gasteiger partial charge in [-0.25, -0.2) is 0 Å². The Balaban J connectivity index is 0.00000220. The minimum atomic E-state index is -0.0712. The molecule has 1 fully saturated rings. The molecule has 0 aromatic heterocycles. The zero-order valence-corrected chi connectivity index (χ0v) is 14.6. The van der Waals surface area contributed by atoms with Gasteiger partial charge >= 0.3 is 0 Å². The third-order valence-corrected chi connectivity index (χ3v) is 4.14. The summed E-state index contributed by atoms with van der Waals surface area (Å²) in [6.07, 6.45) is 3.52. The Labute approximate surface area is 140 Å². The van der Waals surface area contributed by atoms with E-state index >= 15 is 0 Å². The fourth-order valence-electron chi connectivity index (χ4n) is 2.51. The Morgan fingerprint density at radius 2 is 2.33 bits per heavy atom. The highest BCUT2D eigenvalue weighted by atomic mass is 79.9. The molecule has 1 aliphatic heterocycles. The molecule has 1 unspecified atom stereocenters. The van der Waals surface area contributed by atoms with Crippen LogP contribution in [0.1, 0.15) is 29.6 Å². The molecule has 0 radical (unpaired) electrons. The second-order valence-corrected chi connectivity index (χ2v) is 6.02. The summed E-state index contributed by atoms with van der Waals surface area (Å²) < 4.78 is 6.14. The van der Waals surface area contributed by atoms with Crippen LogP contribution in [0.2, 0.25) is 0 Å². The van der Waals surface area contributed by atoms with Gasteiger partial charge in [0.05, 0.1) is 12.7 Å². The number of benzene rings is 1. The van der Waals surface area contributed by atoms with Crippen LogP contribution >= 0.6 is 28.3 Å². The van der Waals surface area contributed by atoms with E-state index in [4.69, 9.17) is 4.74 Å². The molecular weight excluding hydrogens is 356 g/mol. The molecule has 1 aromatic rings. The Morgan fingerprint density at radius 3 is 3.00 bits per heavy atom. The molecule has 1 aromatic carbocycles. The summed E-state index contributed by atoms with van der Waals surface area (Å²) in [5, 5.41) is 6.37. The Hall–Kier alpha value is -0.780. The monoisotopic (exact) mass is 376 g/mol. The Bertz CT molecular complexity index is 465. The zero-order valence-electron chi connectivity index (χ0n) is 12.2. The van der Waals surface area contributed by atoms with E-state index in [0.717, 1.165) is 24.0 Å². The molecule has 1 heterocycles. The van der Waals surface area contributed by atoms with Crippen molar-refractivity contribution in [3.05, 3.63) is 28.2 Å². The van der Waals surface area contributed by atoms with Crippen molar-refractivity contribution in [3.63, 3.8) is 0 Å². The molecule has 1 aliphatic rings. The maximum Gasteiger partial charge on any atom is 0.255 e. The predicted molar refractivity (Wildman–Crippen MR) is 90.5 cm³/mol. The zero-order chi connectivity index (χ0) is 14.4. The summed E-state index contributed by atoms with van der Waals surface area (Å²) in [5.41, 5.74) is 0.581. The van der Waals surface area contributed by atoms with Crippen molar-refractivity contribution < 1.29 is 9.53 Å². The topological polar surface area (TPSA) is 50.4 Å². The largest absolute Gasteiger partial charge is 0.496 e. The van der Waals surface area contributed by atoms with Gasteiger partial charge in [-0.1, -0.05) is 15.9 Å². The van der Waals surface area contributed by atoms with Gasteiger partial charge in [-0.05, 0) is 56.5 Å². The number of piperidine rings is 1. The summed E-state index contributed by atoms with van der Waals surface area (Å²) in [5.74, 6) is 1.20. The quantitative estimate of drug-likeness (QED) is 0.829. The number of halogens is 2. The summed E-state index contributed by atoms with van der Waals surface area (Å²) in [4.78, 5) is 12.2. The molecule has 2 N–H and O–H groups in total. The van der Waals surface area contributed by atoms with E-state index in [1.807, 2.05) is 6.07 Å². The molecule has 6 heteroatoms. The SMILES string of the molecule is COc1cc(Br)ccc1C(=O)NCCC1CCCNC1.Cl. The molecule has 4 nitrogen and oxygen atoms in total. The van der Waals surface area contributed by atoms with Gasteiger partial charge in [0, 0.05) is 11.0 Å². The summed E-state index contributed by atoms with van der Waals surface area (Å²) in [6, 6.07) is 5.43. The van der Waals surface area contributed by atoms with Crippen LogP contribution in [0.15, 0.2) is 22.7 Å². The lowest BCUT2D eigenvalue weighted by Gasteiger charge is -2.22. The fraction of sp³-hybridized carbons (Fsp3) is 0.533. The van der Waals surface area contributed by atoms with Gasteiger partial charge < -0.3 is 15.4 Å². The summed E-state index contributed by atoms with van der Waals surface area (Å²) in [6.45, 7) is 2.90. The lowest BCUT2D eigenvalue weighted by molar-refractivity contribution is 0.0947. The number of hydrogen-bond acceptors (Lipinski definition) is 3. The molecule has 118 valence electrons. The molecule has 1 saturated heterocycles. The maximum atomic E-state index is 12.2. The molecule has 21 heavy (non-hydrogen) atoms. The number of nitrogens with one attached hydrogen (secondary N) is 2. The van der Waals surface area contributed by atoms with Crippen LogP contribution in [0.25, 0.3) is 0 Å². The highest BCUT2D eigenvalue weighted by molar-refractivity contribution is 9.10. The van der Waals surface area contributed by atoms with E-state index in [1.54, 1.807) is 19.2 Å². The van der Waals surface area contributed by atoms with Gasteiger partial charge in [0.2, 0.25) is 0 Å². The van der Waals surface area contributed by atoms with Crippen molar-refractivity contribution in [2.24, 2.45) is 5.92 Å². The number of carbonyl (C=O) groups excluding carboxylic acids is 1. The highest BCUT2D eigenvalue weighted by Gasteiger charge is 2.15. The number of ether oxygens (including phenoxy) is 1. The van der Waals surface area contributed by atoms with Crippen molar-refractivity contribution >= 4 is 34.2 Å². The standard InChI is InChI=1S/C15H21BrN2O2.ClH/c1-20-14-9-12(16)4-5-13(14)15(19)18-8-6-11-3-2-7-17-10-11;/h4-5,9,11,17H,2-3,6-8,10H2,1H3,(H,18,19);1H. The van der Waals surface area contributed by atoms with Gasteiger partial charge in [-0.3, -0.25) is 4.79 Å². The van der Waals surface area contributed by atoms with E-state index in [-0.39, 0.29) is 18.3 Å². The average molecular weight is 378 g/mol. The average Bonchev–Trinajstić information content (AvgIpc) is 2.48. The lowest BCUT2D eigenvalue weighted by atomic mass is 9.96. The molecule has 1 atom stereocenters. The summed E-state index contributed by atoms with van der Waals surface area (Å²) >= 11 is 3.37. The summed E-state index contributed by atoms with van der Waals surface area (Å²) in [7, 11) is 1.58. The van der Waals surface area contributed by atoms with Crippen molar-refractivity contribution in [1.82, 2.24) is 10.6 Å². The van der Waals surface area contributed by atoms with Gasteiger partial charge in [-0.2, -0.15) is 0 Å². The first-order valence-corrected chi connectivity index (χ1v) is 7.82. The smallest absolute Gasteiger partial charge is 0.255 e. The first-order valence-electron chi connectivity index (χ1n) is 7.03. The third kappa shape index (κ3) is 5.49. The first kappa shape index (κ1) is 18.3. The normalized spacial score (nSPS) is 17.7. The van der Waals surface area contributed by atoms with Crippen LogP contribution in [0.3, 0.4) is 0 Å². The third-order valence-electron chi connectivity index (χ3n) is 3.65. The predicted octanol–water partition coefficient (Wildman–Crippen LogP) is 3.00. The van der Waals surface area contributed by atoms with Crippen LogP contribution < -0.4 is 15.4 Å². The minimum Gasteiger partial charge on any atom is -0.496 e. The van der Waals surface area contributed by atoms with Gasteiger partial charge in [-0.15, -0.1) is 12.4 Å². The second kappa shape index (κ2) is 9.28. The minimum absolute atomic E-state index is 0. The Kier molecular flexibility index (Phi) is 8.07. The number of carbonyl (C=O) groups is 1. The molecule has 2 rings (SSSR count). The molecule has 1 amide bonds. The van der Waals surface area contributed by atoms with Crippen LogP contribution in [0.5, 0.6) is 5.75 Å². The van der Waals surface area contributed by atoms with Crippen LogP contribution in [-0.4, -0.2) is 32.7 Å². The molecule has 0 aliphatic carbocycles. The van der Waals surface area contributed by atoms with Gasteiger partial charge in [0.15, 0.2) is 0 Å². The first-order chi connectivity index (χ1) is 9.70. The van der Waals surface area contributed by atoms with E-state index in [2.05, 4.69) is 26.6 Å². The second-order valence-electron chi connectivity index (χ2n) is 5.10. The van der Waals surface area contributed by atoms with E-state index < -0.39 is 0 Å². The van der Waals surface area contributed by atoms with Crippen molar-refractivity contribution in [2.45, 2.75) is 19.3 Å². The number of hydrogen-bond donors (Lipinski definition) is 2.